The number of hydrogen-bond donors (Lipinski definition) is 0. The van der Waals surface area contributed by atoms with Crippen LogP contribution in [0.3, 0.4) is 0 Å². The molecular weight excluding hydrogens is 1090 g/mol. The first kappa shape index (κ1) is 53.7. The van der Waals surface area contributed by atoms with Gasteiger partial charge >= 0.3 is 0 Å². The van der Waals surface area contributed by atoms with Crippen molar-refractivity contribution in [2.75, 3.05) is 19.6 Å². The summed E-state index contributed by atoms with van der Waals surface area (Å²) in [6, 6.07) is 138. The molecule has 0 aromatic heterocycles. The SMILES string of the molecule is c1ccc(N(c2ccc(-c3ccc(N(c4ccccc4)c4ccc5c(c4)C(c4ccccc4)(c4ccccc4)c4ccccc4N5c4ccccc4)cc3)cc2)c2ccc3c(c2)C(c2ccccc2)(c2ccccc2)c2ccccc2N3c2ccccc2)cc1. The Bertz CT molecular complexity index is 4410. The number of nitrogens with zero attached hydrogens (tertiary/aromatic N) is 4. The van der Waals surface area contributed by atoms with Crippen molar-refractivity contribution in [1.82, 2.24) is 0 Å². The van der Waals surface area contributed by atoms with E-state index in [1.165, 1.54) is 44.5 Å². The monoisotopic (exact) mass is 1150 g/mol. The number of para-hydroxylation sites is 6. The van der Waals surface area contributed by atoms with E-state index >= 15 is 0 Å². The molecule has 14 aromatic carbocycles. The number of rotatable bonds is 13. The molecule has 2 aliphatic heterocycles. The largest absolute Gasteiger partial charge is 0.310 e. The summed E-state index contributed by atoms with van der Waals surface area (Å²) in [6.07, 6.45) is 0. The minimum Gasteiger partial charge on any atom is -0.310 e. The maximum atomic E-state index is 2.45. The van der Waals surface area contributed by atoms with Gasteiger partial charge in [-0.05, 0) is 177 Å². The van der Waals surface area contributed by atoms with Gasteiger partial charge in [-0.1, -0.05) is 255 Å². The van der Waals surface area contributed by atoms with Crippen LogP contribution in [0.25, 0.3) is 11.1 Å². The van der Waals surface area contributed by atoms with Gasteiger partial charge in [0, 0.05) is 45.5 Å². The maximum absolute atomic E-state index is 2.45. The number of benzene rings is 14. The Morgan fingerprint density at radius 2 is 0.433 bits per heavy atom. The Morgan fingerprint density at radius 3 is 0.756 bits per heavy atom. The fourth-order valence-electron chi connectivity index (χ4n) is 14.5. The van der Waals surface area contributed by atoms with Gasteiger partial charge in [-0.3, -0.25) is 0 Å². The topological polar surface area (TPSA) is 13.0 Å². The average molecular weight is 1150 g/mol. The van der Waals surface area contributed by atoms with Crippen LogP contribution in [0.2, 0.25) is 0 Å². The maximum Gasteiger partial charge on any atom is 0.0743 e. The number of hydrogen-bond acceptors (Lipinski definition) is 4. The fraction of sp³-hybridized carbons (Fsp3) is 0.0233. The molecule has 0 amide bonds. The lowest BCUT2D eigenvalue weighted by Gasteiger charge is -2.47. The van der Waals surface area contributed by atoms with E-state index < -0.39 is 10.8 Å². The summed E-state index contributed by atoms with van der Waals surface area (Å²) >= 11 is 0. The summed E-state index contributed by atoms with van der Waals surface area (Å²) in [5.41, 5.74) is 23.8. The molecule has 14 aromatic rings. The summed E-state index contributed by atoms with van der Waals surface area (Å²) in [7, 11) is 0. The van der Waals surface area contributed by atoms with Crippen LogP contribution in [0.5, 0.6) is 0 Å². The van der Waals surface area contributed by atoms with Crippen LogP contribution in [0.4, 0.5) is 68.2 Å². The fourth-order valence-corrected chi connectivity index (χ4v) is 14.5. The van der Waals surface area contributed by atoms with Crippen molar-refractivity contribution in [3.63, 3.8) is 0 Å². The van der Waals surface area contributed by atoms with E-state index in [9.17, 15) is 0 Å². The van der Waals surface area contributed by atoms with Gasteiger partial charge in [-0.15, -0.1) is 0 Å². The van der Waals surface area contributed by atoms with E-state index in [-0.39, 0.29) is 0 Å². The van der Waals surface area contributed by atoms with Crippen LogP contribution in [0, 0.1) is 0 Å². The number of anilines is 12. The molecule has 16 rings (SSSR count). The predicted octanol–water partition coefficient (Wildman–Crippen LogP) is 22.6. The van der Waals surface area contributed by atoms with Crippen molar-refractivity contribution < 1.29 is 0 Å². The Labute approximate surface area is 527 Å². The molecule has 0 radical (unpaired) electrons. The van der Waals surface area contributed by atoms with Gasteiger partial charge in [0.15, 0.2) is 0 Å². The molecule has 2 heterocycles. The van der Waals surface area contributed by atoms with E-state index in [1.54, 1.807) is 0 Å². The van der Waals surface area contributed by atoms with Crippen LogP contribution in [0.15, 0.2) is 376 Å². The van der Waals surface area contributed by atoms with Crippen LogP contribution >= 0.6 is 0 Å². The molecule has 0 unspecified atom stereocenters. The zero-order valence-corrected chi connectivity index (χ0v) is 49.6. The van der Waals surface area contributed by atoms with Crippen molar-refractivity contribution in [1.29, 1.82) is 0 Å². The average Bonchev–Trinajstić information content (AvgIpc) is 0.729. The molecule has 2 aliphatic rings. The van der Waals surface area contributed by atoms with Crippen molar-refractivity contribution in [2.45, 2.75) is 10.8 Å². The van der Waals surface area contributed by atoms with Gasteiger partial charge in [0.05, 0.1) is 33.6 Å². The third kappa shape index (κ3) is 8.91. The lowest BCUT2D eigenvalue weighted by atomic mass is 9.62. The third-order valence-electron chi connectivity index (χ3n) is 18.3. The zero-order chi connectivity index (χ0) is 59.9. The first-order valence-electron chi connectivity index (χ1n) is 31.0. The van der Waals surface area contributed by atoms with E-state index in [0.717, 1.165) is 79.4 Å². The summed E-state index contributed by atoms with van der Waals surface area (Å²) in [5.74, 6) is 0. The van der Waals surface area contributed by atoms with Crippen molar-refractivity contribution in [2.24, 2.45) is 0 Å². The van der Waals surface area contributed by atoms with Gasteiger partial charge < -0.3 is 19.6 Å². The first-order chi connectivity index (χ1) is 44.7. The van der Waals surface area contributed by atoms with Gasteiger partial charge in [0.2, 0.25) is 0 Å². The molecule has 0 N–H and O–H groups in total. The smallest absolute Gasteiger partial charge is 0.0743 e. The van der Waals surface area contributed by atoms with E-state index in [2.05, 4.69) is 396 Å². The summed E-state index contributed by atoms with van der Waals surface area (Å²) in [5, 5.41) is 0. The summed E-state index contributed by atoms with van der Waals surface area (Å²) in [6.45, 7) is 0. The lowest BCUT2D eigenvalue weighted by Crippen LogP contribution is -2.38. The van der Waals surface area contributed by atoms with Crippen LogP contribution in [0.1, 0.15) is 44.5 Å². The minimum absolute atomic E-state index is 0.658. The molecule has 0 aliphatic carbocycles. The Balaban J connectivity index is 0.809. The third-order valence-corrected chi connectivity index (χ3v) is 18.3. The minimum atomic E-state index is -0.658. The standard InChI is InChI=1S/C86H62N4/c1-9-29-65(30-10-1)85(66-31-11-2-12-32-66)77-45-25-27-47-81(77)89(71-41-21-7-22-42-71)83-59-57-75(61-79(83)85)87(69-37-17-5-18-38-69)73-53-49-63(50-54-73)64-51-55-74(56-52-64)88(70-39-19-6-20-40-70)76-58-60-84-80(62-76)86(67-33-13-3-14-34-67,68-35-15-4-16-36-68)78-46-26-28-48-82(78)90(84)72-43-23-8-24-44-72/h1-62H. The molecule has 4 heteroatoms. The number of fused-ring (bicyclic) bond motifs is 4. The summed E-state index contributed by atoms with van der Waals surface area (Å²) in [4.78, 5) is 9.69. The second-order valence-electron chi connectivity index (χ2n) is 23.2. The second kappa shape index (κ2) is 22.9. The molecule has 0 atom stereocenters. The molecule has 0 bridgehead atoms. The van der Waals surface area contributed by atoms with Gasteiger partial charge in [-0.25, -0.2) is 0 Å². The van der Waals surface area contributed by atoms with Gasteiger partial charge in [0.1, 0.15) is 0 Å². The summed E-state index contributed by atoms with van der Waals surface area (Å²) < 4.78 is 0. The van der Waals surface area contributed by atoms with E-state index in [4.69, 9.17) is 0 Å². The lowest BCUT2D eigenvalue weighted by molar-refractivity contribution is 0.731. The van der Waals surface area contributed by atoms with Gasteiger partial charge in [-0.2, -0.15) is 0 Å². The highest BCUT2D eigenvalue weighted by Crippen LogP contribution is 2.61. The van der Waals surface area contributed by atoms with E-state index in [0.29, 0.717) is 0 Å². The molecule has 426 valence electrons. The Hall–Kier alpha value is -11.7. The van der Waals surface area contributed by atoms with Crippen LogP contribution in [-0.4, -0.2) is 0 Å². The Morgan fingerprint density at radius 1 is 0.189 bits per heavy atom. The van der Waals surface area contributed by atoms with Gasteiger partial charge in [0.25, 0.3) is 0 Å². The quantitative estimate of drug-likeness (QED) is 0.114. The van der Waals surface area contributed by atoms with E-state index in [1.807, 2.05) is 0 Å². The van der Waals surface area contributed by atoms with Crippen molar-refractivity contribution in [3.8, 4) is 11.1 Å². The highest BCUT2D eigenvalue weighted by molar-refractivity contribution is 5.94. The highest BCUT2D eigenvalue weighted by atomic mass is 15.2. The normalized spacial score (nSPS) is 13.2. The van der Waals surface area contributed by atoms with Crippen LogP contribution < -0.4 is 19.6 Å². The zero-order valence-electron chi connectivity index (χ0n) is 49.6. The Kier molecular flexibility index (Phi) is 13.6. The molecular formula is C86H62N4. The van der Waals surface area contributed by atoms with Crippen molar-refractivity contribution >= 4 is 68.2 Å². The second-order valence-corrected chi connectivity index (χ2v) is 23.2. The molecule has 0 spiro atoms. The molecule has 90 heavy (non-hydrogen) atoms. The molecule has 0 fully saturated rings. The molecule has 0 saturated heterocycles. The predicted molar refractivity (Wildman–Crippen MR) is 374 cm³/mol. The highest BCUT2D eigenvalue weighted by Gasteiger charge is 2.48. The van der Waals surface area contributed by atoms with Crippen molar-refractivity contribution in [3.05, 3.63) is 421 Å². The first-order valence-corrected chi connectivity index (χ1v) is 31.0. The van der Waals surface area contributed by atoms with Crippen LogP contribution in [-0.2, 0) is 10.8 Å². The molecule has 4 nitrogen and oxygen atoms in total. The molecule has 0 saturated carbocycles.